The van der Waals surface area contributed by atoms with Crippen LogP contribution in [0.25, 0.3) is 0 Å². The molecule has 0 saturated heterocycles. The maximum absolute atomic E-state index is 11.7. The van der Waals surface area contributed by atoms with Crippen molar-refractivity contribution in [2.75, 3.05) is 0 Å². The summed E-state index contributed by atoms with van der Waals surface area (Å²) in [7, 11) is 0. The van der Waals surface area contributed by atoms with Crippen LogP contribution >= 0.6 is 0 Å². The van der Waals surface area contributed by atoms with E-state index in [1.807, 2.05) is 0 Å². The fourth-order valence-corrected chi connectivity index (χ4v) is 3.11. The highest BCUT2D eigenvalue weighted by atomic mass is 16.1. The summed E-state index contributed by atoms with van der Waals surface area (Å²) >= 11 is 0. The van der Waals surface area contributed by atoms with Gasteiger partial charge in [0, 0.05) is 12.8 Å². The zero-order valence-electron chi connectivity index (χ0n) is 13.8. The molecule has 1 rings (SSSR count). The Morgan fingerprint density at radius 3 is 1.75 bits per heavy atom. The van der Waals surface area contributed by atoms with Gasteiger partial charge in [0.05, 0.1) is 0 Å². The lowest BCUT2D eigenvalue weighted by molar-refractivity contribution is -0.120. The van der Waals surface area contributed by atoms with Crippen molar-refractivity contribution in [3.05, 3.63) is 0 Å². The molecule has 0 aliphatic heterocycles. The molecule has 0 bridgehead atoms. The summed E-state index contributed by atoms with van der Waals surface area (Å²) in [6, 6.07) is 0. The number of ketones is 1. The SMILES string of the molecule is CCCCCCCCCCCCCC(=O)CC1CCC1. The maximum Gasteiger partial charge on any atom is 0.133 e. The number of rotatable bonds is 14. The molecule has 0 aromatic heterocycles. The molecule has 0 amide bonds. The number of carbonyl (C=O) groups is 1. The first-order valence-electron chi connectivity index (χ1n) is 9.34. The molecule has 0 aromatic carbocycles. The lowest BCUT2D eigenvalue weighted by Crippen LogP contribution is -2.15. The minimum atomic E-state index is 0.533. The van der Waals surface area contributed by atoms with Gasteiger partial charge >= 0.3 is 0 Å². The number of hydrogen-bond donors (Lipinski definition) is 0. The van der Waals surface area contributed by atoms with Crippen molar-refractivity contribution >= 4 is 5.78 Å². The Balaban J connectivity index is 1.72. The van der Waals surface area contributed by atoms with Crippen LogP contribution in [0.15, 0.2) is 0 Å². The lowest BCUT2D eigenvalue weighted by atomic mass is 9.81. The largest absolute Gasteiger partial charge is 0.300 e. The molecule has 1 heteroatoms. The molecule has 1 aliphatic carbocycles. The Hall–Kier alpha value is -0.330. The quantitative estimate of drug-likeness (QED) is 0.334. The second-order valence-corrected chi connectivity index (χ2v) is 6.83. The average molecular weight is 280 g/mol. The monoisotopic (exact) mass is 280 g/mol. The van der Waals surface area contributed by atoms with Crippen molar-refractivity contribution in [2.24, 2.45) is 5.92 Å². The maximum atomic E-state index is 11.7. The van der Waals surface area contributed by atoms with Crippen LogP contribution in [0, 0.1) is 5.92 Å². The highest BCUT2D eigenvalue weighted by Crippen LogP contribution is 2.30. The number of unbranched alkanes of at least 4 members (excludes halogenated alkanes) is 10. The molecule has 0 spiro atoms. The molecule has 118 valence electrons. The van der Waals surface area contributed by atoms with Crippen molar-refractivity contribution in [1.82, 2.24) is 0 Å². The van der Waals surface area contributed by atoms with Gasteiger partial charge in [0.2, 0.25) is 0 Å². The number of hydrogen-bond acceptors (Lipinski definition) is 1. The zero-order valence-corrected chi connectivity index (χ0v) is 13.8. The summed E-state index contributed by atoms with van der Waals surface area (Å²) in [5.41, 5.74) is 0. The van der Waals surface area contributed by atoms with E-state index in [0.29, 0.717) is 5.78 Å². The summed E-state index contributed by atoms with van der Waals surface area (Å²) in [5.74, 6) is 1.29. The fraction of sp³-hybridized carbons (Fsp3) is 0.947. The van der Waals surface area contributed by atoms with Gasteiger partial charge in [-0.1, -0.05) is 90.4 Å². The van der Waals surface area contributed by atoms with Gasteiger partial charge in [-0.05, 0) is 12.3 Å². The van der Waals surface area contributed by atoms with Gasteiger partial charge in [-0.25, -0.2) is 0 Å². The normalized spacial score (nSPS) is 15.2. The van der Waals surface area contributed by atoms with Crippen LogP contribution in [-0.4, -0.2) is 5.78 Å². The van der Waals surface area contributed by atoms with E-state index in [1.165, 1.54) is 83.5 Å². The second-order valence-electron chi connectivity index (χ2n) is 6.83. The van der Waals surface area contributed by atoms with Gasteiger partial charge in [-0.2, -0.15) is 0 Å². The summed E-state index contributed by atoms with van der Waals surface area (Å²) in [5, 5.41) is 0. The van der Waals surface area contributed by atoms with E-state index in [-0.39, 0.29) is 0 Å². The molecular formula is C19H36O. The molecule has 1 fully saturated rings. The first-order chi connectivity index (χ1) is 9.83. The predicted molar refractivity (Wildman–Crippen MR) is 88.0 cm³/mol. The van der Waals surface area contributed by atoms with Gasteiger partial charge < -0.3 is 0 Å². The third-order valence-electron chi connectivity index (χ3n) is 4.80. The Morgan fingerprint density at radius 1 is 0.800 bits per heavy atom. The highest BCUT2D eigenvalue weighted by Gasteiger charge is 2.19. The van der Waals surface area contributed by atoms with Crippen LogP contribution in [-0.2, 0) is 4.79 Å². The minimum Gasteiger partial charge on any atom is -0.300 e. The smallest absolute Gasteiger partial charge is 0.133 e. The minimum absolute atomic E-state index is 0.533. The third kappa shape index (κ3) is 9.55. The third-order valence-corrected chi connectivity index (χ3v) is 4.80. The summed E-state index contributed by atoms with van der Waals surface area (Å²) in [4.78, 5) is 11.7. The van der Waals surface area contributed by atoms with Crippen molar-refractivity contribution in [3.63, 3.8) is 0 Å². The van der Waals surface area contributed by atoms with Crippen molar-refractivity contribution < 1.29 is 4.79 Å². The topological polar surface area (TPSA) is 17.1 Å². The van der Waals surface area contributed by atoms with Crippen LogP contribution < -0.4 is 0 Å². The molecule has 0 atom stereocenters. The highest BCUT2D eigenvalue weighted by molar-refractivity contribution is 5.78. The van der Waals surface area contributed by atoms with Gasteiger partial charge in [-0.3, -0.25) is 4.79 Å². The average Bonchev–Trinajstić information content (AvgIpc) is 2.40. The standard InChI is InChI=1S/C19H36O/c1-2-3-4-5-6-7-8-9-10-11-12-16-19(20)17-18-14-13-15-18/h18H,2-17H2,1H3. The van der Waals surface area contributed by atoms with Crippen LogP contribution in [0.5, 0.6) is 0 Å². The van der Waals surface area contributed by atoms with E-state index < -0.39 is 0 Å². The molecule has 1 saturated carbocycles. The molecule has 20 heavy (non-hydrogen) atoms. The summed E-state index contributed by atoms with van der Waals surface area (Å²) in [6.07, 6.45) is 20.7. The number of carbonyl (C=O) groups excluding carboxylic acids is 1. The van der Waals surface area contributed by atoms with Gasteiger partial charge in [-0.15, -0.1) is 0 Å². The van der Waals surface area contributed by atoms with Crippen molar-refractivity contribution in [1.29, 1.82) is 0 Å². The molecule has 1 aliphatic rings. The molecule has 1 nitrogen and oxygen atoms in total. The Morgan fingerprint density at radius 2 is 1.30 bits per heavy atom. The van der Waals surface area contributed by atoms with E-state index in [2.05, 4.69) is 6.92 Å². The van der Waals surface area contributed by atoms with Gasteiger partial charge in [0.25, 0.3) is 0 Å². The molecule has 0 N–H and O–H groups in total. The summed E-state index contributed by atoms with van der Waals surface area (Å²) in [6.45, 7) is 2.27. The second kappa shape index (κ2) is 12.4. The van der Waals surface area contributed by atoms with Crippen LogP contribution in [0.3, 0.4) is 0 Å². The molecule has 0 radical (unpaired) electrons. The van der Waals surface area contributed by atoms with E-state index in [0.717, 1.165) is 25.2 Å². The first-order valence-corrected chi connectivity index (χ1v) is 9.34. The van der Waals surface area contributed by atoms with Gasteiger partial charge in [0.1, 0.15) is 5.78 Å². The van der Waals surface area contributed by atoms with E-state index in [9.17, 15) is 4.79 Å². The molecule has 0 heterocycles. The van der Waals surface area contributed by atoms with Crippen LogP contribution in [0.4, 0.5) is 0 Å². The van der Waals surface area contributed by atoms with Gasteiger partial charge in [0.15, 0.2) is 0 Å². The Bertz CT molecular complexity index is 230. The van der Waals surface area contributed by atoms with Crippen LogP contribution in [0.2, 0.25) is 0 Å². The van der Waals surface area contributed by atoms with E-state index >= 15 is 0 Å². The lowest BCUT2D eigenvalue weighted by Gasteiger charge is -2.24. The van der Waals surface area contributed by atoms with E-state index in [1.54, 1.807) is 0 Å². The molecule has 0 aromatic rings. The zero-order chi connectivity index (χ0) is 14.5. The van der Waals surface area contributed by atoms with E-state index in [4.69, 9.17) is 0 Å². The van der Waals surface area contributed by atoms with Crippen molar-refractivity contribution in [3.8, 4) is 0 Å². The van der Waals surface area contributed by atoms with Crippen LogP contribution in [0.1, 0.15) is 110 Å². The molecular weight excluding hydrogens is 244 g/mol. The fourth-order valence-electron chi connectivity index (χ4n) is 3.11. The number of Topliss-reactive ketones (excluding diaryl/α,β-unsaturated/α-hetero) is 1. The Kier molecular flexibility index (Phi) is 11.0. The van der Waals surface area contributed by atoms with Crippen molar-refractivity contribution in [2.45, 2.75) is 110 Å². The predicted octanol–water partition coefficient (Wildman–Crippen LogP) is 6.45. The first kappa shape index (κ1) is 17.7. The summed E-state index contributed by atoms with van der Waals surface area (Å²) < 4.78 is 0. The Labute approximate surface area is 126 Å². The molecule has 0 unspecified atom stereocenters.